The van der Waals surface area contributed by atoms with Crippen molar-refractivity contribution in [3.8, 4) is 0 Å². The van der Waals surface area contributed by atoms with Gasteiger partial charge in [-0.1, -0.05) is 30.0 Å². The van der Waals surface area contributed by atoms with E-state index in [9.17, 15) is 4.79 Å². The largest absolute Gasteiger partial charge is 0.270 e. The Kier molecular flexibility index (Phi) is 3.58. The van der Waals surface area contributed by atoms with Gasteiger partial charge in [0, 0.05) is 12.4 Å². The van der Waals surface area contributed by atoms with E-state index in [-0.39, 0.29) is 5.91 Å². The van der Waals surface area contributed by atoms with Crippen LogP contribution in [0.2, 0.25) is 0 Å². The van der Waals surface area contributed by atoms with Crippen molar-refractivity contribution in [3.05, 3.63) is 59.5 Å². The van der Waals surface area contributed by atoms with Crippen LogP contribution in [0.4, 0.5) is 5.69 Å². The van der Waals surface area contributed by atoms with E-state index in [0.29, 0.717) is 14.9 Å². The highest BCUT2D eigenvalue weighted by molar-refractivity contribution is 8.27. The van der Waals surface area contributed by atoms with Gasteiger partial charge in [-0.3, -0.25) is 19.7 Å². The first kappa shape index (κ1) is 13.0. The third kappa shape index (κ3) is 2.48. The molecular formula is C14H9N3OS2. The average molecular weight is 299 g/mol. The Morgan fingerprint density at radius 1 is 1.20 bits per heavy atom. The van der Waals surface area contributed by atoms with Gasteiger partial charge in [-0.05, 0) is 30.3 Å². The maximum atomic E-state index is 12.4. The number of thiocarbonyl (C=S) groups is 1. The lowest BCUT2D eigenvalue weighted by molar-refractivity contribution is -0.113. The highest BCUT2D eigenvalue weighted by Gasteiger charge is 2.33. The molecule has 1 fully saturated rings. The maximum absolute atomic E-state index is 12.4. The minimum absolute atomic E-state index is 0.140. The molecule has 3 heterocycles. The Morgan fingerprint density at radius 2 is 2.10 bits per heavy atom. The van der Waals surface area contributed by atoms with E-state index in [0.717, 1.165) is 5.69 Å². The summed E-state index contributed by atoms with van der Waals surface area (Å²) in [5.74, 6) is -0.140. The molecule has 0 atom stereocenters. The van der Waals surface area contributed by atoms with Gasteiger partial charge in [0.15, 0.2) is 4.32 Å². The summed E-state index contributed by atoms with van der Waals surface area (Å²) < 4.78 is 0.505. The van der Waals surface area contributed by atoms with Crippen molar-refractivity contribution in [2.24, 2.45) is 0 Å². The van der Waals surface area contributed by atoms with Crippen LogP contribution in [0.5, 0.6) is 0 Å². The molecule has 1 aliphatic heterocycles. The lowest BCUT2D eigenvalue weighted by Crippen LogP contribution is -2.27. The minimum Gasteiger partial charge on any atom is -0.268 e. The standard InChI is InChI=1S/C14H9N3OS2/c18-13-12(8-10-4-1-2-7-16-10)20-14(19)17(13)11-5-3-6-15-9-11/h1-9H/b12-8+. The highest BCUT2D eigenvalue weighted by Crippen LogP contribution is 2.35. The fraction of sp³-hybridized carbons (Fsp3) is 0. The quantitative estimate of drug-likeness (QED) is 0.630. The van der Waals surface area contributed by atoms with Crippen molar-refractivity contribution >= 4 is 46.0 Å². The van der Waals surface area contributed by atoms with Gasteiger partial charge in [0.2, 0.25) is 0 Å². The number of thioether (sulfide) groups is 1. The summed E-state index contributed by atoms with van der Waals surface area (Å²) in [6, 6.07) is 9.13. The van der Waals surface area contributed by atoms with Crippen LogP contribution in [0.3, 0.4) is 0 Å². The molecule has 98 valence electrons. The van der Waals surface area contributed by atoms with Crippen molar-refractivity contribution in [2.45, 2.75) is 0 Å². The van der Waals surface area contributed by atoms with E-state index in [1.54, 1.807) is 30.7 Å². The number of amides is 1. The molecule has 0 radical (unpaired) electrons. The first-order valence-corrected chi connectivity index (χ1v) is 7.07. The molecule has 6 heteroatoms. The Bertz CT molecular complexity index is 686. The number of nitrogens with zero attached hydrogens (tertiary/aromatic N) is 3. The molecule has 0 unspecified atom stereocenters. The van der Waals surface area contributed by atoms with Gasteiger partial charge in [-0.2, -0.15) is 0 Å². The van der Waals surface area contributed by atoms with E-state index in [1.165, 1.54) is 16.7 Å². The summed E-state index contributed by atoms with van der Waals surface area (Å²) in [5, 5.41) is 0. The van der Waals surface area contributed by atoms with Crippen LogP contribution in [0.1, 0.15) is 5.69 Å². The average Bonchev–Trinajstić information content (AvgIpc) is 2.75. The summed E-state index contributed by atoms with van der Waals surface area (Å²) >= 11 is 6.54. The van der Waals surface area contributed by atoms with Crippen LogP contribution in [-0.4, -0.2) is 20.2 Å². The highest BCUT2D eigenvalue weighted by atomic mass is 32.2. The van der Waals surface area contributed by atoms with Gasteiger partial charge in [0.25, 0.3) is 5.91 Å². The third-order valence-corrected chi connectivity index (χ3v) is 3.97. The molecular weight excluding hydrogens is 290 g/mol. The lowest BCUT2D eigenvalue weighted by Gasteiger charge is -2.13. The predicted octanol–water partition coefficient (Wildman–Crippen LogP) is 2.88. The van der Waals surface area contributed by atoms with Gasteiger partial charge in [0.05, 0.1) is 22.5 Å². The second kappa shape index (κ2) is 5.52. The monoisotopic (exact) mass is 299 g/mol. The summed E-state index contributed by atoms with van der Waals surface area (Å²) in [6.45, 7) is 0. The number of hydrogen-bond acceptors (Lipinski definition) is 5. The van der Waals surface area contributed by atoms with Crippen molar-refractivity contribution in [3.63, 3.8) is 0 Å². The smallest absolute Gasteiger partial charge is 0.268 e. The second-order valence-corrected chi connectivity index (χ2v) is 5.66. The molecule has 2 aromatic rings. The van der Waals surface area contributed by atoms with Crippen molar-refractivity contribution < 1.29 is 4.79 Å². The molecule has 0 aromatic carbocycles. The van der Waals surface area contributed by atoms with E-state index in [1.807, 2.05) is 24.3 Å². The number of anilines is 1. The molecule has 0 bridgehead atoms. The van der Waals surface area contributed by atoms with Crippen LogP contribution < -0.4 is 4.90 Å². The van der Waals surface area contributed by atoms with Gasteiger partial charge in [-0.25, -0.2) is 0 Å². The third-order valence-electron chi connectivity index (χ3n) is 2.66. The molecule has 1 aliphatic rings. The fourth-order valence-electron chi connectivity index (χ4n) is 1.77. The van der Waals surface area contributed by atoms with Crippen molar-refractivity contribution in [1.82, 2.24) is 9.97 Å². The number of carbonyl (C=O) groups excluding carboxylic acids is 1. The molecule has 20 heavy (non-hydrogen) atoms. The van der Waals surface area contributed by atoms with E-state index < -0.39 is 0 Å². The SMILES string of the molecule is O=C1/C(=C\c2ccccn2)SC(=S)N1c1cccnc1. The first-order chi connectivity index (χ1) is 9.75. The summed E-state index contributed by atoms with van der Waals surface area (Å²) in [4.78, 5) is 22.7. The minimum atomic E-state index is -0.140. The van der Waals surface area contributed by atoms with E-state index >= 15 is 0 Å². The van der Waals surface area contributed by atoms with Crippen molar-refractivity contribution in [2.75, 3.05) is 4.90 Å². The van der Waals surface area contributed by atoms with E-state index in [4.69, 9.17) is 12.2 Å². The zero-order valence-corrected chi connectivity index (χ0v) is 11.9. The molecule has 2 aromatic heterocycles. The second-order valence-electron chi connectivity index (χ2n) is 3.98. The molecule has 4 nitrogen and oxygen atoms in total. The lowest BCUT2D eigenvalue weighted by atomic mass is 10.3. The maximum Gasteiger partial charge on any atom is 0.270 e. The molecule has 0 aliphatic carbocycles. The van der Waals surface area contributed by atoms with Crippen LogP contribution in [-0.2, 0) is 4.79 Å². The number of pyridine rings is 2. The van der Waals surface area contributed by atoms with Gasteiger partial charge >= 0.3 is 0 Å². The summed E-state index contributed by atoms with van der Waals surface area (Å²) in [7, 11) is 0. The Hall–Kier alpha value is -2.05. The van der Waals surface area contributed by atoms with Crippen LogP contribution >= 0.6 is 24.0 Å². The Balaban J connectivity index is 1.93. The summed E-state index contributed by atoms with van der Waals surface area (Å²) in [5.41, 5.74) is 1.42. The zero-order valence-electron chi connectivity index (χ0n) is 10.3. The van der Waals surface area contributed by atoms with Crippen LogP contribution in [0.25, 0.3) is 6.08 Å². The molecule has 0 saturated carbocycles. The van der Waals surface area contributed by atoms with Crippen molar-refractivity contribution in [1.29, 1.82) is 0 Å². The molecule has 1 saturated heterocycles. The summed E-state index contributed by atoms with van der Waals surface area (Å²) in [6.07, 6.45) is 6.71. The van der Waals surface area contributed by atoms with Gasteiger partial charge < -0.3 is 0 Å². The van der Waals surface area contributed by atoms with Gasteiger partial charge in [-0.15, -0.1) is 0 Å². The van der Waals surface area contributed by atoms with E-state index in [2.05, 4.69) is 9.97 Å². The Morgan fingerprint density at radius 3 is 2.80 bits per heavy atom. The fourth-order valence-corrected chi connectivity index (χ4v) is 3.06. The van der Waals surface area contributed by atoms with Gasteiger partial charge in [0.1, 0.15) is 0 Å². The molecule has 0 N–H and O–H groups in total. The number of carbonyl (C=O) groups is 1. The molecule has 0 spiro atoms. The number of aromatic nitrogens is 2. The Labute approximate surface area is 125 Å². The van der Waals surface area contributed by atoms with Crippen LogP contribution in [0.15, 0.2) is 53.8 Å². The van der Waals surface area contributed by atoms with Crippen LogP contribution in [0, 0.1) is 0 Å². The number of hydrogen-bond donors (Lipinski definition) is 0. The molecule has 1 amide bonds. The molecule has 3 rings (SSSR count). The topological polar surface area (TPSA) is 46.1 Å². The first-order valence-electron chi connectivity index (χ1n) is 5.85. The predicted molar refractivity (Wildman–Crippen MR) is 84.1 cm³/mol. The normalized spacial score (nSPS) is 17.0. The zero-order chi connectivity index (χ0) is 13.9. The number of rotatable bonds is 2.